The molecule has 24 heavy (non-hydrogen) atoms. The third-order valence-electron chi connectivity index (χ3n) is 3.70. The average molecular weight is 322 g/mol. The van der Waals surface area contributed by atoms with E-state index in [0.29, 0.717) is 18.9 Å². The highest BCUT2D eigenvalue weighted by molar-refractivity contribution is 6.04. The second kappa shape index (κ2) is 8.73. The van der Waals surface area contributed by atoms with Crippen molar-refractivity contribution < 1.29 is 9.53 Å². The van der Waals surface area contributed by atoms with Gasteiger partial charge in [0.1, 0.15) is 17.4 Å². The lowest BCUT2D eigenvalue weighted by Crippen LogP contribution is -2.25. The SMILES string of the molecule is CCCCNC(=O)/C(C#N)=C\c1c(OCC)ccc2ccccc12. The number of benzene rings is 2. The first-order valence-electron chi connectivity index (χ1n) is 8.25. The van der Waals surface area contributed by atoms with Gasteiger partial charge >= 0.3 is 0 Å². The Bertz CT molecular complexity index is 788. The summed E-state index contributed by atoms with van der Waals surface area (Å²) < 4.78 is 5.68. The van der Waals surface area contributed by atoms with Crippen LogP contribution in [0.1, 0.15) is 32.3 Å². The van der Waals surface area contributed by atoms with Crippen LogP contribution in [0.25, 0.3) is 16.8 Å². The number of nitrogens with one attached hydrogen (secondary N) is 1. The highest BCUT2D eigenvalue weighted by Gasteiger charge is 2.12. The number of hydrogen-bond donors (Lipinski definition) is 1. The minimum atomic E-state index is -0.346. The summed E-state index contributed by atoms with van der Waals surface area (Å²) in [6.07, 6.45) is 3.50. The molecule has 2 aromatic rings. The summed E-state index contributed by atoms with van der Waals surface area (Å²) in [5.41, 5.74) is 0.848. The predicted molar refractivity (Wildman–Crippen MR) is 96.6 cm³/mol. The van der Waals surface area contributed by atoms with Crippen LogP contribution < -0.4 is 10.1 Å². The van der Waals surface area contributed by atoms with E-state index in [4.69, 9.17) is 4.74 Å². The van der Waals surface area contributed by atoms with E-state index in [2.05, 4.69) is 12.2 Å². The number of carbonyl (C=O) groups excluding carboxylic acids is 1. The zero-order valence-corrected chi connectivity index (χ0v) is 14.1. The quantitative estimate of drug-likeness (QED) is 0.475. The van der Waals surface area contributed by atoms with Crippen LogP contribution in [0.5, 0.6) is 5.75 Å². The van der Waals surface area contributed by atoms with Crippen molar-refractivity contribution in [2.45, 2.75) is 26.7 Å². The number of carbonyl (C=O) groups is 1. The molecule has 0 radical (unpaired) electrons. The summed E-state index contributed by atoms with van der Waals surface area (Å²) in [6.45, 7) is 5.05. The fourth-order valence-corrected chi connectivity index (χ4v) is 2.47. The number of fused-ring (bicyclic) bond motifs is 1. The third kappa shape index (κ3) is 4.14. The molecule has 1 N–H and O–H groups in total. The first-order chi connectivity index (χ1) is 11.7. The average Bonchev–Trinajstić information content (AvgIpc) is 2.61. The number of hydrogen-bond acceptors (Lipinski definition) is 3. The van der Waals surface area contributed by atoms with E-state index in [-0.39, 0.29) is 11.5 Å². The first kappa shape index (κ1) is 17.6. The normalized spacial score (nSPS) is 11.1. The molecule has 0 atom stereocenters. The van der Waals surface area contributed by atoms with Gasteiger partial charge in [-0.15, -0.1) is 0 Å². The second-order valence-electron chi connectivity index (χ2n) is 5.41. The monoisotopic (exact) mass is 322 g/mol. The molecule has 0 aliphatic carbocycles. The molecule has 4 heteroatoms. The Morgan fingerprint density at radius 1 is 1.25 bits per heavy atom. The lowest BCUT2D eigenvalue weighted by molar-refractivity contribution is -0.117. The van der Waals surface area contributed by atoms with Gasteiger partial charge in [-0.3, -0.25) is 4.79 Å². The number of nitriles is 1. The Kier molecular flexibility index (Phi) is 6.39. The Morgan fingerprint density at radius 2 is 2.04 bits per heavy atom. The lowest BCUT2D eigenvalue weighted by atomic mass is 10.0. The molecule has 0 heterocycles. The Morgan fingerprint density at radius 3 is 2.75 bits per heavy atom. The number of ether oxygens (including phenoxy) is 1. The molecule has 0 aromatic heterocycles. The van der Waals surface area contributed by atoms with Crippen LogP contribution in [0.15, 0.2) is 42.0 Å². The van der Waals surface area contributed by atoms with E-state index in [1.807, 2.05) is 49.4 Å². The highest BCUT2D eigenvalue weighted by Crippen LogP contribution is 2.30. The summed E-state index contributed by atoms with van der Waals surface area (Å²) in [7, 11) is 0. The van der Waals surface area contributed by atoms with Crippen LogP contribution in [0.3, 0.4) is 0 Å². The maximum absolute atomic E-state index is 12.2. The number of unbranched alkanes of at least 4 members (excludes halogenated alkanes) is 1. The number of nitrogens with zero attached hydrogens (tertiary/aromatic N) is 1. The summed E-state index contributed by atoms with van der Waals surface area (Å²) >= 11 is 0. The van der Waals surface area contributed by atoms with Gasteiger partial charge in [-0.25, -0.2) is 0 Å². The Labute approximate surface area is 142 Å². The maximum Gasteiger partial charge on any atom is 0.261 e. The van der Waals surface area contributed by atoms with E-state index in [0.717, 1.165) is 29.2 Å². The second-order valence-corrected chi connectivity index (χ2v) is 5.41. The summed E-state index contributed by atoms with van der Waals surface area (Å²) in [5.74, 6) is 0.326. The number of rotatable bonds is 7. The zero-order chi connectivity index (χ0) is 17.4. The van der Waals surface area contributed by atoms with Gasteiger partial charge in [0.05, 0.1) is 6.61 Å². The molecule has 0 saturated heterocycles. The van der Waals surface area contributed by atoms with Gasteiger partial charge in [-0.2, -0.15) is 5.26 Å². The molecular weight excluding hydrogens is 300 g/mol. The van der Waals surface area contributed by atoms with Gasteiger partial charge < -0.3 is 10.1 Å². The first-order valence-corrected chi connectivity index (χ1v) is 8.25. The van der Waals surface area contributed by atoms with Crippen molar-refractivity contribution in [3.05, 3.63) is 47.5 Å². The predicted octanol–water partition coefficient (Wildman–Crippen LogP) is 4.06. The summed E-state index contributed by atoms with van der Waals surface area (Å²) in [4.78, 5) is 12.2. The molecule has 0 saturated carbocycles. The van der Waals surface area contributed by atoms with Crippen LogP contribution >= 0.6 is 0 Å². The molecule has 124 valence electrons. The zero-order valence-electron chi connectivity index (χ0n) is 14.1. The fraction of sp³-hybridized carbons (Fsp3) is 0.300. The summed E-state index contributed by atoms with van der Waals surface area (Å²) in [5, 5.41) is 14.2. The van der Waals surface area contributed by atoms with Crippen LogP contribution in [0, 0.1) is 11.3 Å². The topological polar surface area (TPSA) is 62.1 Å². The molecular formula is C20H22N2O2. The van der Waals surface area contributed by atoms with Gasteiger partial charge in [0.15, 0.2) is 0 Å². The van der Waals surface area contributed by atoms with Crippen molar-refractivity contribution in [1.82, 2.24) is 5.32 Å². The van der Waals surface area contributed by atoms with Crippen molar-refractivity contribution in [2.24, 2.45) is 0 Å². The van der Waals surface area contributed by atoms with Crippen LogP contribution in [0.4, 0.5) is 0 Å². The molecule has 0 fully saturated rings. The molecule has 4 nitrogen and oxygen atoms in total. The van der Waals surface area contributed by atoms with E-state index in [1.165, 1.54) is 0 Å². The van der Waals surface area contributed by atoms with Gasteiger partial charge in [-0.1, -0.05) is 43.7 Å². The minimum absolute atomic E-state index is 0.0865. The largest absolute Gasteiger partial charge is 0.493 e. The molecule has 0 aliphatic heterocycles. The highest BCUT2D eigenvalue weighted by atomic mass is 16.5. The van der Waals surface area contributed by atoms with Crippen LogP contribution in [-0.2, 0) is 4.79 Å². The van der Waals surface area contributed by atoms with E-state index in [9.17, 15) is 10.1 Å². The molecule has 0 spiro atoms. The van der Waals surface area contributed by atoms with Crippen LogP contribution in [0.2, 0.25) is 0 Å². The van der Waals surface area contributed by atoms with Crippen molar-refractivity contribution in [1.29, 1.82) is 5.26 Å². The smallest absolute Gasteiger partial charge is 0.261 e. The van der Waals surface area contributed by atoms with Crippen molar-refractivity contribution in [3.63, 3.8) is 0 Å². The van der Waals surface area contributed by atoms with E-state index < -0.39 is 0 Å². The molecule has 2 rings (SSSR count). The van der Waals surface area contributed by atoms with Gasteiger partial charge in [-0.05, 0) is 36.3 Å². The summed E-state index contributed by atoms with van der Waals surface area (Å²) in [6, 6.07) is 13.7. The van der Waals surface area contributed by atoms with Gasteiger partial charge in [0.2, 0.25) is 0 Å². The van der Waals surface area contributed by atoms with Crippen LogP contribution in [-0.4, -0.2) is 19.1 Å². The van der Waals surface area contributed by atoms with Gasteiger partial charge in [0, 0.05) is 12.1 Å². The van der Waals surface area contributed by atoms with E-state index >= 15 is 0 Å². The van der Waals surface area contributed by atoms with Crippen molar-refractivity contribution >= 4 is 22.8 Å². The fourth-order valence-electron chi connectivity index (χ4n) is 2.47. The van der Waals surface area contributed by atoms with Crippen molar-refractivity contribution in [2.75, 3.05) is 13.2 Å². The molecule has 0 unspecified atom stereocenters. The third-order valence-corrected chi connectivity index (χ3v) is 3.70. The molecule has 0 bridgehead atoms. The van der Waals surface area contributed by atoms with Crippen molar-refractivity contribution in [3.8, 4) is 11.8 Å². The molecule has 2 aromatic carbocycles. The lowest BCUT2D eigenvalue weighted by Gasteiger charge is -2.11. The molecule has 1 amide bonds. The maximum atomic E-state index is 12.2. The van der Waals surface area contributed by atoms with E-state index in [1.54, 1.807) is 6.08 Å². The minimum Gasteiger partial charge on any atom is -0.493 e. The standard InChI is InChI=1S/C20H22N2O2/c1-3-5-12-22-20(23)16(14-21)13-18-17-9-7-6-8-15(17)10-11-19(18)24-4-2/h6-11,13H,3-5,12H2,1-2H3,(H,22,23)/b16-13-. The van der Waals surface area contributed by atoms with Gasteiger partial charge in [0.25, 0.3) is 5.91 Å². The Balaban J connectivity index is 2.46. The Hall–Kier alpha value is -2.80. The number of amides is 1. The molecule has 0 aliphatic rings.